The quantitative estimate of drug-likeness (QED) is 0.664. The van der Waals surface area contributed by atoms with Gasteiger partial charge in [-0.05, 0) is 42.8 Å². The van der Waals surface area contributed by atoms with Crippen LogP contribution < -0.4 is 9.46 Å². The van der Waals surface area contributed by atoms with Crippen molar-refractivity contribution >= 4 is 39.0 Å². The van der Waals surface area contributed by atoms with Crippen LogP contribution in [0, 0.1) is 0 Å². The maximum Gasteiger partial charge on any atom is 0.263 e. The third kappa shape index (κ3) is 4.20. The van der Waals surface area contributed by atoms with E-state index < -0.39 is 10.0 Å². The summed E-state index contributed by atoms with van der Waals surface area (Å²) in [5.74, 6) is 0.582. The molecule has 112 valence electrons. The summed E-state index contributed by atoms with van der Waals surface area (Å²) in [6.07, 6.45) is 0. The summed E-state index contributed by atoms with van der Waals surface area (Å²) in [7, 11) is -3.79. The molecule has 1 N–H and O–H groups in total. The van der Waals surface area contributed by atoms with Gasteiger partial charge in [0.2, 0.25) is 5.28 Å². The van der Waals surface area contributed by atoms with E-state index in [-0.39, 0.29) is 21.2 Å². The molecule has 0 radical (unpaired) electrons. The highest BCUT2D eigenvalue weighted by Crippen LogP contribution is 2.20. The molecule has 0 aliphatic heterocycles. The third-order valence-electron chi connectivity index (χ3n) is 2.35. The number of benzene rings is 1. The summed E-state index contributed by atoms with van der Waals surface area (Å²) >= 11 is 11.3. The molecule has 0 amide bonds. The van der Waals surface area contributed by atoms with E-state index in [1.54, 1.807) is 12.1 Å². The normalized spacial score (nSPS) is 11.2. The molecular weight excluding hydrogens is 337 g/mol. The standard InChI is InChI=1S/C12H11Cl2N3O3S/c1-2-20-8-3-5-9(6-4-8)21(18,19)17-11-7-10(13)15-12(14)16-11/h3-7H,2H2,1H3,(H,15,16,17). The Kier molecular flexibility index (Phi) is 4.87. The first kappa shape index (κ1) is 15.8. The van der Waals surface area contributed by atoms with Gasteiger partial charge in [-0.2, -0.15) is 4.98 Å². The molecule has 0 unspecified atom stereocenters. The second kappa shape index (κ2) is 6.46. The Morgan fingerprint density at radius 1 is 1.19 bits per heavy atom. The molecule has 0 aliphatic rings. The number of aromatic nitrogens is 2. The van der Waals surface area contributed by atoms with Crippen molar-refractivity contribution in [2.24, 2.45) is 0 Å². The van der Waals surface area contributed by atoms with Crippen molar-refractivity contribution in [1.29, 1.82) is 0 Å². The van der Waals surface area contributed by atoms with Crippen LogP contribution in [0.1, 0.15) is 6.92 Å². The minimum atomic E-state index is -3.79. The van der Waals surface area contributed by atoms with Crippen LogP contribution in [0.3, 0.4) is 0 Å². The molecule has 2 aromatic rings. The van der Waals surface area contributed by atoms with E-state index in [1.807, 2.05) is 6.92 Å². The van der Waals surface area contributed by atoms with Crippen LogP contribution in [0.5, 0.6) is 5.75 Å². The molecule has 0 aliphatic carbocycles. The minimum absolute atomic E-state index is 0.00566. The summed E-state index contributed by atoms with van der Waals surface area (Å²) in [6.45, 7) is 2.34. The summed E-state index contributed by atoms with van der Waals surface area (Å²) in [6, 6.07) is 7.25. The van der Waals surface area contributed by atoms with Crippen molar-refractivity contribution in [2.45, 2.75) is 11.8 Å². The van der Waals surface area contributed by atoms with Crippen LogP contribution in [-0.4, -0.2) is 25.0 Å². The van der Waals surface area contributed by atoms with Crippen LogP contribution in [-0.2, 0) is 10.0 Å². The number of rotatable bonds is 5. The Hall–Kier alpha value is -1.57. The van der Waals surface area contributed by atoms with Gasteiger partial charge < -0.3 is 4.74 Å². The molecule has 1 aromatic carbocycles. The van der Waals surface area contributed by atoms with Gasteiger partial charge in [-0.1, -0.05) is 11.6 Å². The van der Waals surface area contributed by atoms with E-state index in [1.165, 1.54) is 18.2 Å². The Bertz CT molecular complexity index is 716. The molecular formula is C12H11Cl2N3O3S. The van der Waals surface area contributed by atoms with Crippen LogP contribution >= 0.6 is 23.2 Å². The first-order chi connectivity index (χ1) is 9.90. The van der Waals surface area contributed by atoms with Crippen LogP contribution in [0.15, 0.2) is 35.2 Å². The van der Waals surface area contributed by atoms with E-state index in [0.29, 0.717) is 12.4 Å². The van der Waals surface area contributed by atoms with Gasteiger partial charge in [0.05, 0.1) is 11.5 Å². The number of halogens is 2. The fraction of sp³-hybridized carbons (Fsp3) is 0.167. The molecule has 1 heterocycles. The lowest BCUT2D eigenvalue weighted by Gasteiger charge is -2.08. The van der Waals surface area contributed by atoms with Gasteiger partial charge in [0, 0.05) is 6.07 Å². The predicted octanol–water partition coefficient (Wildman–Crippen LogP) is 2.98. The van der Waals surface area contributed by atoms with Crippen molar-refractivity contribution in [3.05, 3.63) is 40.8 Å². The largest absolute Gasteiger partial charge is 0.494 e. The fourth-order valence-corrected chi connectivity index (χ4v) is 2.92. The summed E-state index contributed by atoms with van der Waals surface area (Å²) in [4.78, 5) is 7.45. The van der Waals surface area contributed by atoms with Crippen molar-refractivity contribution in [3.8, 4) is 5.75 Å². The van der Waals surface area contributed by atoms with Crippen molar-refractivity contribution in [2.75, 3.05) is 11.3 Å². The van der Waals surface area contributed by atoms with E-state index in [4.69, 9.17) is 27.9 Å². The van der Waals surface area contributed by atoms with Gasteiger partial charge in [-0.15, -0.1) is 0 Å². The zero-order chi connectivity index (χ0) is 15.5. The highest BCUT2D eigenvalue weighted by molar-refractivity contribution is 7.92. The van der Waals surface area contributed by atoms with E-state index in [9.17, 15) is 8.42 Å². The molecule has 6 nitrogen and oxygen atoms in total. The maximum absolute atomic E-state index is 12.2. The zero-order valence-electron chi connectivity index (χ0n) is 10.9. The number of sulfonamides is 1. The molecule has 1 aromatic heterocycles. The molecule has 0 fully saturated rings. The lowest BCUT2D eigenvalue weighted by atomic mass is 10.3. The molecule has 0 saturated carbocycles. The average molecular weight is 348 g/mol. The number of nitrogens with zero attached hydrogens (tertiary/aromatic N) is 2. The lowest BCUT2D eigenvalue weighted by Crippen LogP contribution is -2.14. The Morgan fingerprint density at radius 3 is 2.43 bits per heavy atom. The predicted molar refractivity (Wildman–Crippen MR) is 80.5 cm³/mol. The smallest absolute Gasteiger partial charge is 0.263 e. The first-order valence-corrected chi connectivity index (χ1v) is 8.10. The number of hydrogen-bond donors (Lipinski definition) is 1. The highest BCUT2D eigenvalue weighted by Gasteiger charge is 2.16. The Labute approximate surface area is 132 Å². The molecule has 0 spiro atoms. The van der Waals surface area contributed by atoms with Crippen molar-refractivity contribution < 1.29 is 13.2 Å². The third-order valence-corrected chi connectivity index (χ3v) is 4.08. The topological polar surface area (TPSA) is 81.2 Å². The Balaban J connectivity index is 2.25. The number of nitrogens with one attached hydrogen (secondary N) is 1. The van der Waals surface area contributed by atoms with Gasteiger partial charge in [0.15, 0.2) is 0 Å². The summed E-state index contributed by atoms with van der Waals surface area (Å²) in [5.41, 5.74) is 0. The van der Waals surface area contributed by atoms with Gasteiger partial charge in [0.1, 0.15) is 16.7 Å². The van der Waals surface area contributed by atoms with Crippen LogP contribution in [0.25, 0.3) is 0 Å². The van der Waals surface area contributed by atoms with E-state index >= 15 is 0 Å². The number of ether oxygens (including phenoxy) is 1. The summed E-state index contributed by atoms with van der Waals surface area (Å²) < 4.78 is 31.9. The average Bonchev–Trinajstić information content (AvgIpc) is 2.38. The number of hydrogen-bond acceptors (Lipinski definition) is 5. The zero-order valence-corrected chi connectivity index (χ0v) is 13.2. The second-order valence-electron chi connectivity index (χ2n) is 3.85. The molecule has 2 rings (SSSR count). The molecule has 21 heavy (non-hydrogen) atoms. The minimum Gasteiger partial charge on any atom is -0.494 e. The van der Waals surface area contributed by atoms with Crippen LogP contribution in [0.2, 0.25) is 10.4 Å². The lowest BCUT2D eigenvalue weighted by molar-refractivity contribution is 0.340. The molecule has 0 bridgehead atoms. The summed E-state index contributed by atoms with van der Waals surface area (Å²) in [5, 5.41) is -0.105. The maximum atomic E-state index is 12.2. The number of anilines is 1. The van der Waals surface area contributed by atoms with Gasteiger partial charge in [-0.25, -0.2) is 13.4 Å². The fourth-order valence-electron chi connectivity index (χ4n) is 1.52. The van der Waals surface area contributed by atoms with Gasteiger partial charge in [0.25, 0.3) is 10.0 Å². The highest BCUT2D eigenvalue weighted by atomic mass is 35.5. The monoisotopic (exact) mass is 347 g/mol. The van der Waals surface area contributed by atoms with Crippen LogP contribution in [0.4, 0.5) is 5.82 Å². The Morgan fingerprint density at radius 2 is 1.86 bits per heavy atom. The van der Waals surface area contributed by atoms with E-state index in [0.717, 1.165) is 0 Å². The SMILES string of the molecule is CCOc1ccc(S(=O)(=O)Nc2cc(Cl)nc(Cl)n2)cc1. The molecule has 0 saturated heterocycles. The van der Waals surface area contributed by atoms with Gasteiger partial charge >= 0.3 is 0 Å². The molecule has 9 heteroatoms. The van der Waals surface area contributed by atoms with E-state index in [2.05, 4.69) is 14.7 Å². The first-order valence-electron chi connectivity index (χ1n) is 5.86. The van der Waals surface area contributed by atoms with Crippen molar-refractivity contribution in [3.63, 3.8) is 0 Å². The molecule has 0 atom stereocenters. The second-order valence-corrected chi connectivity index (χ2v) is 6.26. The van der Waals surface area contributed by atoms with Gasteiger partial charge in [-0.3, -0.25) is 4.72 Å². The van der Waals surface area contributed by atoms with Crippen molar-refractivity contribution in [1.82, 2.24) is 9.97 Å².